The van der Waals surface area contributed by atoms with Crippen molar-refractivity contribution in [2.24, 2.45) is 0 Å². The zero-order valence-electron chi connectivity index (χ0n) is 8.87. The van der Waals surface area contributed by atoms with E-state index in [2.05, 4.69) is 36.4 Å². The third-order valence-corrected chi connectivity index (χ3v) is 2.83. The molecule has 1 aromatic rings. The van der Waals surface area contributed by atoms with Gasteiger partial charge in [0.2, 0.25) is 0 Å². The summed E-state index contributed by atoms with van der Waals surface area (Å²) in [7, 11) is 0. The highest BCUT2D eigenvalue weighted by Gasteiger charge is 2.16. The standard InChI is InChI=1S/C10H18N2S/c1-5-6-8(4)10-9(7(2)3)11-13-12-10/h7-8H,5-6H2,1-4H3. The second-order valence-corrected chi connectivity index (χ2v) is 4.41. The van der Waals surface area contributed by atoms with Crippen molar-refractivity contribution >= 4 is 11.7 Å². The van der Waals surface area contributed by atoms with E-state index in [0.29, 0.717) is 11.8 Å². The summed E-state index contributed by atoms with van der Waals surface area (Å²) in [5.41, 5.74) is 2.42. The van der Waals surface area contributed by atoms with Crippen molar-refractivity contribution in [1.82, 2.24) is 8.75 Å². The molecule has 0 aromatic carbocycles. The zero-order chi connectivity index (χ0) is 9.84. The van der Waals surface area contributed by atoms with Crippen LogP contribution in [-0.2, 0) is 0 Å². The predicted molar refractivity (Wildman–Crippen MR) is 57.3 cm³/mol. The Kier molecular flexibility index (Phi) is 3.85. The van der Waals surface area contributed by atoms with E-state index in [1.54, 1.807) is 0 Å². The first-order valence-corrected chi connectivity index (χ1v) is 5.72. The van der Waals surface area contributed by atoms with Crippen LogP contribution in [0.3, 0.4) is 0 Å². The lowest BCUT2D eigenvalue weighted by Crippen LogP contribution is -2.00. The van der Waals surface area contributed by atoms with Crippen LogP contribution in [0.15, 0.2) is 0 Å². The third kappa shape index (κ3) is 2.50. The minimum atomic E-state index is 0.507. The summed E-state index contributed by atoms with van der Waals surface area (Å²) >= 11 is 1.35. The van der Waals surface area contributed by atoms with E-state index in [-0.39, 0.29) is 0 Å². The second-order valence-electron chi connectivity index (χ2n) is 3.88. The zero-order valence-corrected chi connectivity index (χ0v) is 9.69. The Morgan fingerprint density at radius 1 is 1.15 bits per heavy atom. The molecule has 74 valence electrons. The smallest absolute Gasteiger partial charge is 0.0805 e. The molecule has 3 heteroatoms. The SMILES string of the molecule is CCCC(C)c1nsnc1C(C)C. The van der Waals surface area contributed by atoms with Crippen LogP contribution in [0.2, 0.25) is 0 Å². The fourth-order valence-corrected chi connectivity index (χ4v) is 2.31. The molecule has 13 heavy (non-hydrogen) atoms. The van der Waals surface area contributed by atoms with Crippen LogP contribution in [0.1, 0.15) is 63.8 Å². The predicted octanol–water partition coefficient (Wildman–Crippen LogP) is 3.57. The Labute approximate surface area is 84.7 Å². The van der Waals surface area contributed by atoms with E-state index in [1.165, 1.54) is 36.0 Å². The van der Waals surface area contributed by atoms with Crippen molar-refractivity contribution in [3.05, 3.63) is 11.4 Å². The van der Waals surface area contributed by atoms with Gasteiger partial charge in [-0.1, -0.05) is 34.1 Å². The number of rotatable bonds is 4. The maximum Gasteiger partial charge on any atom is 0.0805 e. The van der Waals surface area contributed by atoms with Crippen molar-refractivity contribution < 1.29 is 0 Å². The molecule has 1 aromatic heterocycles. The van der Waals surface area contributed by atoms with Crippen LogP contribution in [0.25, 0.3) is 0 Å². The lowest BCUT2D eigenvalue weighted by atomic mass is 9.96. The summed E-state index contributed by atoms with van der Waals surface area (Å²) in [6.45, 7) is 8.81. The highest BCUT2D eigenvalue weighted by Crippen LogP contribution is 2.26. The van der Waals surface area contributed by atoms with E-state index in [4.69, 9.17) is 0 Å². The largest absolute Gasteiger partial charge is 0.178 e. The Balaban J connectivity index is 2.80. The molecule has 0 aliphatic rings. The minimum absolute atomic E-state index is 0.507. The molecule has 0 aliphatic heterocycles. The van der Waals surface area contributed by atoms with Crippen molar-refractivity contribution in [1.29, 1.82) is 0 Å². The molecule has 1 rings (SSSR count). The van der Waals surface area contributed by atoms with Crippen LogP contribution in [0, 0.1) is 0 Å². The fraction of sp³-hybridized carbons (Fsp3) is 0.800. The molecule has 0 saturated heterocycles. The molecule has 0 spiro atoms. The minimum Gasteiger partial charge on any atom is -0.178 e. The first-order chi connectivity index (χ1) is 6.16. The molecule has 1 unspecified atom stereocenters. The topological polar surface area (TPSA) is 25.8 Å². The van der Waals surface area contributed by atoms with Gasteiger partial charge in [-0.3, -0.25) is 0 Å². The Morgan fingerprint density at radius 3 is 2.31 bits per heavy atom. The van der Waals surface area contributed by atoms with Gasteiger partial charge in [0.1, 0.15) is 0 Å². The van der Waals surface area contributed by atoms with E-state index in [0.717, 1.165) is 0 Å². The molecule has 0 radical (unpaired) electrons. The van der Waals surface area contributed by atoms with Gasteiger partial charge in [-0.05, 0) is 12.3 Å². The Hall–Kier alpha value is -0.440. The van der Waals surface area contributed by atoms with Crippen LogP contribution in [0.5, 0.6) is 0 Å². The third-order valence-electron chi connectivity index (χ3n) is 2.28. The maximum atomic E-state index is 4.39. The van der Waals surface area contributed by atoms with Gasteiger partial charge in [-0.2, -0.15) is 8.75 Å². The Bertz CT molecular complexity index is 255. The summed E-state index contributed by atoms with van der Waals surface area (Å²) in [6.07, 6.45) is 2.43. The van der Waals surface area contributed by atoms with E-state index in [9.17, 15) is 0 Å². The lowest BCUT2D eigenvalue weighted by molar-refractivity contribution is 0.636. The Morgan fingerprint density at radius 2 is 1.77 bits per heavy atom. The highest BCUT2D eigenvalue weighted by molar-refractivity contribution is 6.99. The molecule has 0 aliphatic carbocycles. The number of hydrogen-bond donors (Lipinski definition) is 0. The summed E-state index contributed by atoms with van der Waals surface area (Å²) in [5, 5.41) is 0. The first-order valence-electron chi connectivity index (χ1n) is 4.99. The maximum absolute atomic E-state index is 4.39. The van der Waals surface area contributed by atoms with Gasteiger partial charge in [0.25, 0.3) is 0 Å². The molecule has 1 atom stereocenters. The molecule has 2 nitrogen and oxygen atoms in total. The summed E-state index contributed by atoms with van der Waals surface area (Å²) < 4.78 is 8.74. The molecule has 0 fully saturated rings. The first kappa shape index (κ1) is 10.6. The van der Waals surface area contributed by atoms with E-state index < -0.39 is 0 Å². The molecule has 0 bridgehead atoms. The van der Waals surface area contributed by atoms with Crippen LogP contribution in [-0.4, -0.2) is 8.75 Å². The van der Waals surface area contributed by atoms with Gasteiger partial charge in [-0.15, -0.1) is 0 Å². The molecule has 0 N–H and O–H groups in total. The lowest BCUT2D eigenvalue weighted by Gasteiger charge is -2.10. The molecule has 0 amide bonds. The van der Waals surface area contributed by atoms with Crippen LogP contribution >= 0.6 is 11.7 Å². The van der Waals surface area contributed by atoms with E-state index >= 15 is 0 Å². The van der Waals surface area contributed by atoms with Gasteiger partial charge >= 0.3 is 0 Å². The van der Waals surface area contributed by atoms with Gasteiger partial charge in [0.05, 0.1) is 23.1 Å². The average molecular weight is 198 g/mol. The molecule has 0 saturated carbocycles. The van der Waals surface area contributed by atoms with Crippen LogP contribution in [0.4, 0.5) is 0 Å². The van der Waals surface area contributed by atoms with Crippen molar-refractivity contribution in [3.63, 3.8) is 0 Å². The number of aromatic nitrogens is 2. The summed E-state index contributed by atoms with van der Waals surface area (Å²) in [5.74, 6) is 1.08. The molecular formula is C10H18N2S. The van der Waals surface area contributed by atoms with Crippen molar-refractivity contribution in [2.75, 3.05) is 0 Å². The summed E-state index contributed by atoms with van der Waals surface area (Å²) in [4.78, 5) is 0. The normalized spacial score (nSPS) is 13.6. The average Bonchev–Trinajstić information content (AvgIpc) is 2.52. The number of hydrogen-bond acceptors (Lipinski definition) is 3. The van der Waals surface area contributed by atoms with Gasteiger partial charge in [0, 0.05) is 5.92 Å². The highest BCUT2D eigenvalue weighted by atomic mass is 32.1. The number of nitrogens with zero attached hydrogens (tertiary/aromatic N) is 2. The monoisotopic (exact) mass is 198 g/mol. The second kappa shape index (κ2) is 4.70. The molecular weight excluding hydrogens is 180 g/mol. The quantitative estimate of drug-likeness (QED) is 0.739. The van der Waals surface area contributed by atoms with Gasteiger partial charge < -0.3 is 0 Å². The van der Waals surface area contributed by atoms with Crippen molar-refractivity contribution in [3.8, 4) is 0 Å². The van der Waals surface area contributed by atoms with E-state index in [1.807, 2.05) is 0 Å². The van der Waals surface area contributed by atoms with Gasteiger partial charge in [-0.25, -0.2) is 0 Å². The fourth-order valence-electron chi connectivity index (χ4n) is 1.52. The van der Waals surface area contributed by atoms with Crippen molar-refractivity contribution in [2.45, 2.75) is 52.4 Å². The van der Waals surface area contributed by atoms with Gasteiger partial charge in [0.15, 0.2) is 0 Å². The van der Waals surface area contributed by atoms with Crippen LogP contribution < -0.4 is 0 Å². The molecule has 1 heterocycles. The summed E-state index contributed by atoms with van der Waals surface area (Å²) in [6, 6.07) is 0.